The number of aliphatic hydroxyl groups is 1. The number of benzene rings is 1. The SMILES string of the molecule is COc1ccc([C@H]2CCC[C@@H](CO)O2)cc1OC. The summed E-state index contributed by atoms with van der Waals surface area (Å²) in [6, 6.07) is 5.83. The van der Waals surface area contributed by atoms with E-state index < -0.39 is 0 Å². The summed E-state index contributed by atoms with van der Waals surface area (Å²) in [7, 11) is 3.25. The van der Waals surface area contributed by atoms with Crippen molar-refractivity contribution in [3.05, 3.63) is 23.8 Å². The highest BCUT2D eigenvalue weighted by molar-refractivity contribution is 5.43. The van der Waals surface area contributed by atoms with Crippen molar-refractivity contribution in [2.24, 2.45) is 0 Å². The molecule has 0 aromatic heterocycles. The average Bonchev–Trinajstić information content (AvgIpc) is 2.46. The van der Waals surface area contributed by atoms with Crippen molar-refractivity contribution in [3.8, 4) is 11.5 Å². The van der Waals surface area contributed by atoms with Crippen molar-refractivity contribution in [2.75, 3.05) is 20.8 Å². The van der Waals surface area contributed by atoms with Crippen LogP contribution >= 0.6 is 0 Å². The predicted molar refractivity (Wildman–Crippen MR) is 68.1 cm³/mol. The molecule has 2 atom stereocenters. The smallest absolute Gasteiger partial charge is 0.161 e. The summed E-state index contributed by atoms with van der Waals surface area (Å²) < 4.78 is 16.4. The number of aliphatic hydroxyl groups excluding tert-OH is 1. The van der Waals surface area contributed by atoms with Gasteiger partial charge in [-0.3, -0.25) is 0 Å². The second kappa shape index (κ2) is 6.07. The minimum atomic E-state index is -0.0446. The Morgan fingerprint density at radius 1 is 1.22 bits per heavy atom. The fraction of sp³-hybridized carbons (Fsp3) is 0.571. The molecule has 2 rings (SSSR count). The molecule has 0 spiro atoms. The maximum atomic E-state index is 9.17. The van der Waals surface area contributed by atoms with Crippen LogP contribution in [0, 0.1) is 0 Å². The van der Waals surface area contributed by atoms with Crippen LogP contribution in [0.15, 0.2) is 18.2 Å². The highest BCUT2D eigenvalue weighted by Gasteiger charge is 2.23. The van der Waals surface area contributed by atoms with Gasteiger partial charge in [0.2, 0.25) is 0 Å². The lowest BCUT2D eigenvalue weighted by Crippen LogP contribution is -2.25. The quantitative estimate of drug-likeness (QED) is 0.893. The van der Waals surface area contributed by atoms with Crippen LogP contribution in [0.2, 0.25) is 0 Å². The first-order chi connectivity index (χ1) is 8.78. The second-order valence-corrected chi connectivity index (χ2v) is 4.47. The highest BCUT2D eigenvalue weighted by Crippen LogP contribution is 2.35. The average molecular weight is 252 g/mol. The molecule has 4 nitrogen and oxygen atoms in total. The normalized spacial score (nSPS) is 23.7. The van der Waals surface area contributed by atoms with E-state index in [1.807, 2.05) is 18.2 Å². The van der Waals surface area contributed by atoms with Crippen molar-refractivity contribution in [1.29, 1.82) is 0 Å². The summed E-state index contributed by atoms with van der Waals surface area (Å²) in [6.45, 7) is 0.0871. The summed E-state index contributed by atoms with van der Waals surface area (Å²) in [4.78, 5) is 0. The van der Waals surface area contributed by atoms with E-state index in [0.29, 0.717) is 5.75 Å². The van der Waals surface area contributed by atoms with E-state index in [1.165, 1.54) is 0 Å². The monoisotopic (exact) mass is 252 g/mol. The number of hydrogen-bond acceptors (Lipinski definition) is 4. The van der Waals surface area contributed by atoms with Crippen LogP contribution in [0.5, 0.6) is 11.5 Å². The molecule has 1 fully saturated rings. The first kappa shape index (κ1) is 13.2. The molecule has 0 saturated carbocycles. The Balaban J connectivity index is 2.17. The van der Waals surface area contributed by atoms with Crippen molar-refractivity contribution in [2.45, 2.75) is 31.5 Å². The number of hydrogen-bond donors (Lipinski definition) is 1. The van der Waals surface area contributed by atoms with Crippen LogP contribution in [0.25, 0.3) is 0 Å². The zero-order valence-electron chi connectivity index (χ0n) is 10.9. The Labute approximate surface area is 107 Å². The molecule has 1 aromatic rings. The number of ether oxygens (including phenoxy) is 3. The molecule has 100 valence electrons. The molecule has 1 aromatic carbocycles. The summed E-state index contributed by atoms with van der Waals surface area (Å²) in [5.74, 6) is 1.43. The molecule has 1 N–H and O–H groups in total. The van der Waals surface area contributed by atoms with Crippen LogP contribution < -0.4 is 9.47 Å². The standard InChI is InChI=1S/C14H20O4/c1-16-13-7-6-10(8-14(13)17-2)12-5-3-4-11(9-15)18-12/h6-8,11-12,15H,3-5,9H2,1-2H3/t11-,12+/m0/s1. The lowest BCUT2D eigenvalue weighted by atomic mass is 9.98. The van der Waals surface area contributed by atoms with Gasteiger partial charge in [0.1, 0.15) is 0 Å². The predicted octanol–water partition coefficient (Wildman–Crippen LogP) is 2.31. The summed E-state index contributed by atoms with van der Waals surface area (Å²) in [5.41, 5.74) is 1.07. The van der Waals surface area contributed by atoms with Gasteiger partial charge >= 0.3 is 0 Å². The van der Waals surface area contributed by atoms with Gasteiger partial charge in [0.25, 0.3) is 0 Å². The Bertz CT molecular complexity index is 391. The first-order valence-electron chi connectivity index (χ1n) is 6.26. The van der Waals surface area contributed by atoms with E-state index in [9.17, 15) is 0 Å². The molecule has 0 aliphatic carbocycles. The topological polar surface area (TPSA) is 47.9 Å². The minimum absolute atomic E-state index is 0.0377. The summed E-state index contributed by atoms with van der Waals surface area (Å²) >= 11 is 0. The van der Waals surface area contributed by atoms with Crippen molar-refractivity contribution < 1.29 is 19.3 Å². The van der Waals surface area contributed by atoms with E-state index in [-0.39, 0.29) is 18.8 Å². The molecule has 0 amide bonds. The van der Waals surface area contributed by atoms with Gasteiger partial charge < -0.3 is 19.3 Å². The van der Waals surface area contributed by atoms with Gasteiger partial charge in [0, 0.05) is 0 Å². The van der Waals surface area contributed by atoms with Gasteiger partial charge in [-0.15, -0.1) is 0 Å². The minimum Gasteiger partial charge on any atom is -0.493 e. The van der Waals surface area contributed by atoms with Gasteiger partial charge in [-0.1, -0.05) is 6.07 Å². The van der Waals surface area contributed by atoms with Crippen LogP contribution in [-0.4, -0.2) is 32.0 Å². The van der Waals surface area contributed by atoms with E-state index in [2.05, 4.69) is 0 Å². The molecule has 0 radical (unpaired) electrons. The maximum absolute atomic E-state index is 9.17. The van der Waals surface area contributed by atoms with Crippen LogP contribution in [0.1, 0.15) is 30.9 Å². The van der Waals surface area contributed by atoms with Gasteiger partial charge in [-0.25, -0.2) is 0 Å². The molecule has 0 unspecified atom stereocenters. The van der Waals surface area contributed by atoms with Crippen LogP contribution in [0.3, 0.4) is 0 Å². The van der Waals surface area contributed by atoms with Crippen LogP contribution in [0.4, 0.5) is 0 Å². The molecule has 4 heteroatoms. The molecule has 0 bridgehead atoms. The van der Waals surface area contributed by atoms with E-state index in [1.54, 1.807) is 14.2 Å². The first-order valence-corrected chi connectivity index (χ1v) is 6.26. The Hall–Kier alpha value is -1.26. The Morgan fingerprint density at radius 3 is 2.67 bits per heavy atom. The van der Waals surface area contributed by atoms with E-state index in [4.69, 9.17) is 19.3 Å². The van der Waals surface area contributed by atoms with Crippen molar-refractivity contribution in [3.63, 3.8) is 0 Å². The number of rotatable bonds is 4. The molecule has 1 saturated heterocycles. The third kappa shape index (κ3) is 2.76. The molecule has 1 aliphatic rings. The fourth-order valence-electron chi connectivity index (χ4n) is 2.33. The Kier molecular flexibility index (Phi) is 4.44. The van der Waals surface area contributed by atoms with Crippen molar-refractivity contribution in [1.82, 2.24) is 0 Å². The molecule has 1 aliphatic heterocycles. The van der Waals surface area contributed by atoms with Gasteiger partial charge in [-0.05, 0) is 37.0 Å². The fourth-order valence-corrected chi connectivity index (χ4v) is 2.33. The lowest BCUT2D eigenvalue weighted by Gasteiger charge is -2.29. The molecular formula is C14H20O4. The number of methoxy groups -OCH3 is 2. The third-order valence-electron chi connectivity index (χ3n) is 3.33. The van der Waals surface area contributed by atoms with Gasteiger partial charge in [0.05, 0.1) is 33.0 Å². The molecule has 18 heavy (non-hydrogen) atoms. The molecule has 1 heterocycles. The largest absolute Gasteiger partial charge is 0.493 e. The second-order valence-electron chi connectivity index (χ2n) is 4.47. The zero-order valence-corrected chi connectivity index (χ0v) is 10.9. The Morgan fingerprint density at radius 2 is 2.00 bits per heavy atom. The van der Waals surface area contributed by atoms with E-state index >= 15 is 0 Å². The molecular weight excluding hydrogens is 232 g/mol. The third-order valence-corrected chi connectivity index (χ3v) is 3.33. The lowest BCUT2D eigenvalue weighted by molar-refractivity contribution is -0.0737. The maximum Gasteiger partial charge on any atom is 0.161 e. The van der Waals surface area contributed by atoms with E-state index in [0.717, 1.165) is 30.6 Å². The summed E-state index contributed by atoms with van der Waals surface area (Å²) in [5, 5.41) is 9.17. The summed E-state index contributed by atoms with van der Waals surface area (Å²) in [6.07, 6.45) is 2.98. The van der Waals surface area contributed by atoms with Crippen LogP contribution in [-0.2, 0) is 4.74 Å². The van der Waals surface area contributed by atoms with Gasteiger partial charge in [-0.2, -0.15) is 0 Å². The van der Waals surface area contributed by atoms with Crippen molar-refractivity contribution >= 4 is 0 Å². The van der Waals surface area contributed by atoms with Gasteiger partial charge in [0.15, 0.2) is 11.5 Å². The zero-order chi connectivity index (χ0) is 13.0. The highest BCUT2D eigenvalue weighted by atomic mass is 16.5.